The number of nitrogens with one attached hydrogen (secondary N) is 1. The van der Waals surface area contributed by atoms with Crippen molar-refractivity contribution in [1.29, 1.82) is 0 Å². The molecule has 23 heavy (non-hydrogen) atoms. The summed E-state index contributed by atoms with van der Waals surface area (Å²) in [4.78, 5) is 27.0. The number of rotatable bonds is 2. The Morgan fingerprint density at radius 1 is 0.957 bits per heavy atom. The van der Waals surface area contributed by atoms with E-state index in [4.69, 9.17) is 4.42 Å². The summed E-state index contributed by atoms with van der Waals surface area (Å²) in [7, 11) is 0. The number of aromatic nitrogens is 1. The topological polar surface area (TPSA) is 63.1 Å². The van der Waals surface area contributed by atoms with Crippen LogP contribution in [-0.4, -0.2) is 4.98 Å². The molecular weight excluding hydrogens is 290 g/mol. The van der Waals surface area contributed by atoms with Crippen LogP contribution in [0.1, 0.15) is 11.1 Å². The quantitative estimate of drug-likeness (QED) is 0.618. The van der Waals surface area contributed by atoms with Gasteiger partial charge in [0, 0.05) is 23.6 Å². The molecule has 2 heterocycles. The Bertz CT molecular complexity index is 1140. The average Bonchev–Trinajstić information content (AvgIpc) is 2.56. The van der Waals surface area contributed by atoms with E-state index < -0.39 is 0 Å². The van der Waals surface area contributed by atoms with Gasteiger partial charge in [0.2, 0.25) is 0 Å². The van der Waals surface area contributed by atoms with Gasteiger partial charge in [0.25, 0.3) is 5.56 Å². The molecule has 1 N–H and O–H groups in total. The molecule has 0 aliphatic heterocycles. The lowest BCUT2D eigenvalue weighted by molar-refractivity contribution is 0.602. The third-order valence-corrected chi connectivity index (χ3v) is 3.95. The first-order valence-corrected chi connectivity index (χ1v) is 7.32. The van der Waals surface area contributed by atoms with E-state index in [1.165, 1.54) is 12.3 Å². The zero-order valence-corrected chi connectivity index (χ0v) is 12.2. The highest BCUT2D eigenvalue weighted by Gasteiger charge is 2.06. The highest BCUT2D eigenvalue weighted by atomic mass is 16.3. The fraction of sp³-hybridized carbons (Fsp3) is 0.0526. The fourth-order valence-corrected chi connectivity index (χ4v) is 2.79. The lowest BCUT2D eigenvalue weighted by Crippen LogP contribution is -2.12. The van der Waals surface area contributed by atoms with E-state index in [1.54, 1.807) is 12.1 Å². The van der Waals surface area contributed by atoms with E-state index in [9.17, 15) is 9.59 Å². The van der Waals surface area contributed by atoms with Gasteiger partial charge in [0.1, 0.15) is 5.58 Å². The molecule has 0 radical (unpaired) electrons. The summed E-state index contributed by atoms with van der Waals surface area (Å²) in [6.45, 7) is 0. The van der Waals surface area contributed by atoms with Crippen LogP contribution in [0, 0.1) is 0 Å². The standard InChI is InChI=1S/C19H13NO3/c21-17-7-8-23-18-6-5-12(10-15(17)18)9-14-11-13-3-1-2-4-16(13)20-19(14)22/h1-8,10-11H,9H2,(H,20,22). The van der Waals surface area contributed by atoms with Crippen molar-refractivity contribution in [3.8, 4) is 0 Å². The van der Waals surface area contributed by atoms with Gasteiger partial charge >= 0.3 is 0 Å². The van der Waals surface area contributed by atoms with Crippen LogP contribution >= 0.6 is 0 Å². The van der Waals surface area contributed by atoms with Crippen molar-refractivity contribution in [2.45, 2.75) is 6.42 Å². The zero-order chi connectivity index (χ0) is 15.8. The van der Waals surface area contributed by atoms with Crippen molar-refractivity contribution < 1.29 is 4.42 Å². The molecule has 2 aromatic heterocycles. The first-order valence-electron chi connectivity index (χ1n) is 7.32. The highest BCUT2D eigenvalue weighted by Crippen LogP contribution is 2.16. The minimum atomic E-state index is -0.108. The molecule has 0 unspecified atom stereocenters. The first-order chi connectivity index (χ1) is 11.2. The van der Waals surface area contributed by atoms with Crippen LogP contribution < -0.4 is 11.0 Å². The largest absolute Gasteiger partial charge is 0.464 e. The van der Waals surface area contributed by atoms with E-state index in [2.05, 4.69) is 4.98 Å². The second kappa shape index (κ2) is 5.25. The summed E-state index contributed by atoms with van der Waals surface area (Å²) in [6.07, 6.45) is 1.85. The van der Waals surface area contributed by atoms with Crippen LogP contribution in [0.2, 0.25) is 0 Å². The third-order valence-electron chi connectivity index (χ3n) is 3.95. The molecule has 0 spiro atoms. The summed E-state index contributed by atoms with van der Waals surface area (Å²) in [5.74, 6) is 0. The molecule has 0 bridgehead atoms. The second-order valence-electron chi connectivity index (χ2n) is 5.50. The fourth-order valence-electron chi connectivity index (χ4n) is 2.79. The molecule has 0 atom stereocenters. The lowest BCUT2D eigenvalue weighted by Gasteiger charge is -2.05. The maximum absolute atomic E-state index is 12.2. The summed E-state index contributed by atoms with van der Waals surface area (Å²) < 4.78 is 5.31. The van der Waals surface area contributed by atoms with E-state index in [-0.39, 0.29) is 11.0 Å². The minimum absolute atomic E-state index is 0.0829. The van der Waals surface area contributed by atoms with Crippen LogP contribution in [0.15, 0.2) is 74.9 Å². The molecule has 4 nitrogen and oxygen atoms in total. The number of hydrogen-bond acceptors (Lipinski definition) is 3. The predicted octanol–water partition coefficient (Wildman–Crippen LogP) is 3.23. The van der Waals surface area contributed by atoms with Gasteiger partial charge in [0.05, 0.1) is 11.6 Å². The van der Waals surface area contributed by atoms with Gasteiger partial charge in [-0.2, -0.15) is 0 Å². The Morgan fingerprint density at radius 3 is 2.74 bits per heavy atom. The summed E-state index contributed by atoms with van der Waals surface area (Å²) in [6, 6.07) is 16.4. The molecule has 0 saturated carbocycles. The molecule has 112 valence electrons. The molecule has 2 aromatic carbocycles. The van der Waals surface area contributed by atoms with Gasteiger partial charge in [-0.3, -0.25) is 9.59 Å². The number of benzene rings is 2. The molecule has 4 aromatic rings. The Kier molecular flexibility index (Phi) is 3.08. The van der Waals surface area contributed by atoms with Crippen LogP contribution in [0.4, 0.5) is 0 Å². The Balaban J connectivity index is 1.81. The van der Waals surface area contributed by atoms with Crippen LogP contribution in [0.25, 0.3) is 21.9 Å². The van der Waals surface area contributed by atoms with Gasteiger partial charge in [0.15, 0.2) is 5.43 Å². The maximum atomic E-state index is 12.2. The van der Waals surface area contributed by atoms with E-state index in [1.807, 2.05) is 36.4 Å². The molecule has 0 aliphatic rings. The summed E-state index contributed by atoms with van der Waals surface area (Å²) in [5, 5.41) is 1.52. The second-order valence-corrected chi connectivity index (χ2v) is 5.50. The third kappa shape index (κ3) is 2.44. The zero-order valence-electron chi connectivity index (χ0n) is 12.2. The van der Waals surface area contributed by atoms with E-state index in [0.717, 1.165) is 16.5 Å². The van der Waals surface area contributed by atoms with Gasteiger partial charge in [-0.1, -0.05) is 24.3 Å². The molecule has 4 heteroatoms. The van der Waals surface area contributed by atoms with Crippen molar-refractivity contribution in [3.63, 3.8) is 0 Å². The number of H-pyrrole nitrogens is 1. The number of aromatic amines is 1. The van der Waals surface area contributed by atoms with Crippen molar-refractivity contribution in [2.24, 2.45) is 0 Å². The van der Waals surface area contributed by atoms with E-state index >= 15 is 0 Å². The van der Waals surface area contributed by atoms with Gasteiger partial charge in [-0.05, 0) is 35.2 Å². The summed E-state index contributed by atoms with van der Waals surface area (Å²) >= 11 is 0. The Hall–Kier alpha value is -3.14. The Morgan fingerprint density at radius 2 is 1.83 bits per heavy atom. The minimum Gasteiger partial charge on any atom is -0.464 e. The van der Waals surface area contributed by atoms with Crippen LogP contribution in [-0.2, 0) is 6.42 Å². The Labute approximate surface area is 131 Å². The molecule has 0 fully saturated rings. The molecule has 4 rings (SSSR count). The van der Waals surface area contributed by atoms with Crippen molar-refractivity contribution in [1.82, 2.24) is 4.98 Å². The molecular formula is C19H13NO3. The first kappa shape index (κ1) is 13.5. The average molecular weight is 303 g/mol. The van der Waals surface area contributed by atoms with Crippen molar-refractivity contribution in [2.75, 3.05) is 0 Å². The van der Waals surface area contributed by atoms with Crippen LogP contribution in [0.3, 0.4) is 0 Å². The predicted molar refractivity (Wildman–Crippen MR) is 89.9 cm³/mol. The van der Waals surface area contributed by atoms with E-state index in [0.29, 0.717) is 23.0 Å². The van der Waals surface area contributed by atoms with Gasteiger partial charge in [-0.25, -0.2) is 0 Å². The monoisotopic (exact) mass is 303 g/mol. The summed E-state index contributed by atoms with van der Waals surface area (Å²) in [5.41, 5.74) is 2.75. The smallest absolute Gasteiger partial charge is 0.251 e. The number of fused-ring (bicyclic) bond motifs is 2. The van der Waals surface area contributed by atoms with Gasteiger partial charge < -0.3 is 9.40 Å². The van der Waals surface area contributed by atoms with Crippen molar-refractivity contribution >= 4 is 21.9 Å². The molecule has 0 amide bonds. The number of pyridine rings is 1. The van der Waals surface area contributed by atoms with Gasteiger partial charge in [-0.15, -0.1) is 0 Å². The molecule has 0 aliphatic carbocycles. The normalized spacial score (nSPS) is 11.1. The highest BCUT2D eigenvalue weighted by molar-refractivity contribution is 5.79. The lowest BCUT2D eigenvalue weighted by atomic mass is 10.0. The van der Waals surface area contributed by atoms with Crippen LogP contribution in [0.5, 0.6) is 0 Å². The SMILES string of the molecule is O=c1[nH]c2ccccc2cc1Cc1ccc2occc(=O)c2c1. The van der Waals surface area contributed by atoms with Crippen molar-refractivity contribution in [3.05, 3.63) is 92.6 Å². The number of para-hydroxylation sites is 1. The molecule has 0 saturated heterocycles. The number of hydrogen-bond donors (Lipinski definition) is 1. The maximum Gasteiger partial charge on any atom is 0.251 e.